The SMILES string of the molecule is COc1ccc(-c2c(C)c(C)c(C)[c-]2C)c(CNC(c2ccccc2)C([N-]S(=O)(=O)c2ccc(C)cc2)c2ccccc2)c1.[Cl][Rh+2]. The Labute approximate surface area is 288 Å². The van der Waals surface area contributed by atoms with Crippen molar-refractivity contribution in [2.45, 2.75) is 58.1 Å². The van der Waals surface area contributed by atoms with Crippen molar-refractivity contribution in [3.8, 4) is 16.9 Å². The number of sulfonamides is 1. The van der Waals surface area contributed by atoms with Crippen molar-refractivity contribution in [3.05, 3.63) is 152 Å². The number of hydrogen-bond acceptors (Lipinski definition) is 4. The van der Waals surface area contributed by atoms with Gasteiger partial charge in [-0.2, -0.15) is 11.1 Å². The van der Waals surface area contributed by atoms with Crippen LogP contribution in [-0.4, -0.2) is 15.5 Å². The number of methoxy groups -OCH3 is 1. The van der Waals surface area contributed by atoms with Gasteiger partial charge in [0.1, 0.15) is 15.8 Å². The van der Waals surface area contributed by atoms with Crippen molar-refractivity contribution < 1.29 is 30.5 Å². The van der Waals surface area contributed by atoms with Crippen LogP contribution in [0.2, 0.25) is 0 Å². The molecule has 0 bridgehead atoms. The predicted octanol–water partition coefficient (Wildman–Crippen LogP) is 9.64. The summed E-state index contributed by atoms with van der Waals surface area (Å²) in [6.07, 6.45) is 0. The average molecular weight is 743 g/mol. The van der Waals surface area contributed by atoms with Crippen molar-refractivity contribution in [3.63, 3.8) is 0 Å². The number of nitrogens with zero attached hydrogens (tertiary/aromatic N) is 1. The Morgan fingerprint density at radius 1 is 0.826 bits per heavy atom. The van der Waals surface area contributed by atoms with Gasteiger partial charge in [-0.15, -0.1) is 16.7 Å². The number of hydrogen-bond donors (Lipinski definition) is 1. The molecule has 0 saturated heterocycles. The molecule has 0 spiro atoms. The van der Waals surface area contributed by atoms with Gasteiger partial charge in [0, 0.05) is 17.5 Å². The van der Waals surface area contributed by atoms with E-state index in [4.69, 9.17) is 4.74 Å². The first-order valence-corrected chi connectivity index (χ1v) is 18.6. The predicted molar refractivity (Wildman–Crippen MR) is 186 cm³/mol. The summed E-state index contributed by atoms with van der Waals surface area (Å²) < 4.78 is 37.8. The van der Waals surface area contributed by atoms with Crippen LogP contribution < -0.4 is 10.1 Å². The number of nitrogens with one attached hydrogen (secondary N) is 1. The standard InChI is InChI=1S/C38H40N2O3S.ClH.Rh/c1-25-17-20-34(21-18-25)44(41,42)40-38(31-15-11-8-12-16-31)37(30-13-9-7-10-14-30)39-24-32-23-33(43-6)19-22-35(32)36-28(4)26(2)27(3)29(36)5;;/h7-23,37-39H,24H2,1-6H3;1H;/q-2;;+3/p-1. The summed E-state index contributed by atoms with van der Waals surface area (Å²) in [5.74, 6) is 0.767. The van der Waals surface area contributed by atoms with Gasteiger partial charge >= 0.3 is 27.0 Å². The van der Waals surface area contributed by atoms with E-state index in [2.05, 4.69) is 59.6 Å². The van der Waals surface area contributed by atoms with Crippen LogP contribution in [0.5, 0.6) is 5.75 Å². The zero-order chi connectivity index (χ0) is 33.4. The van der Waals surface area contributed by atoms with E-state index in [0.29, 0.717) is 6.54 Å². The molecule has 0 heterocycles. The van der Waals surface area contributed by atoms with E-state index >= 15 is 0 Å². The molecule has 2 unspecified atom stereocenters. The van der Waals surface area contributed by atoms with E-state index in [9.17, 15) is 8.42 Å². The maximum absolute atomic E-state index is 13.8. The zero-order valence-electron chi connectivity index (χ0n) is 27.0. The first kappa shape index (κ1) is 35.7. The van der Waals surface area contributed by atoms with Crippen molar-refractivity contribution in [1.82, 2.24) is 5.32 Å². The van der Waals surface area contributed by atoms with Crippen LogP contribution in [0.1, 0.15) is 56.6 Å². The molecule has 46 heavy (non-hydrogen) atoms. The van der Waals surface area contributed by atoms with Gasteiger partial charge in [0.15, 0.2) is 0 Å². The van der Waals surface area contributed by atoms with Gasteiger partial charge in [-0.25, -0.2) is 8.42 Å². The topological polar surface area (TPSA) is 69.5 Å². The fourth-order valence-electron chi connectivity index (χ4n) is 5.89. The molecule has 8 heteroatoms. The summed E-state index contributed by atoms with van der Waals surface area (Å²) >= 11 is 2.02. The molecule has 0 aliphatic heterocycles. The van der Waals surface area contributed by atoms with E-state index in [-0.39, 0.29) is 4.90 Å². The zero-order valence-corrected chi connectivity index (χ0v) is 30.2. The number of ether oxygens (including phenoxy) is 1. The molecule has 0 fully saturated rings. The Morgan fingerprint density at radius 3 is 1.96 bits per heavy atom. The molecule has 5 aromatic rings. The molecule has 2 atom stereocenters. The Morgan fingerprint density at radius 2 is 1.41 bits per heavy atom. The summed E-state index contributed by atoms with van der Waals surface area (Å²) in [7, 11) is 2.23. The minimum atomic E-state index is -3.97. The molecule has 242 valence electrons. The molecule has 5 rings (SSSR count). The van der Waals surface area contributed by atoms with Gasteiger partial charge < -0.3 is 14.8 Å². The molecular formula is C38H40ClN2O3RhS. The van der Waals surface area contributed by atoms with Gasteiger partial charge in [0.25, 0.3) is 0 Å². The van der Waals surface area contributed by atoms with E-state index in [0.717, 1.165) is 33.6 Å². The first-order valence-electron chi connectivity index (χ1n) is 15.0. The minimum absolute atomic E-state index is 0.179. The normalized spacial score (nSPS) is 12.6. The third kappa shape index (κ3) is 8.02. The van der Waals surface area contributed by atoms with Crippen LogP contribution in [0.25, 0.3) is 15.8 Å². The van der Waals surface area contributed by atoms with Gasteiger partial charge in [-0.3, -0.25) is 0 Å². The molecule has 1 N–H and O–H groups in total. The van der Waals surface area contributed by atoms with Crippen LogP contribution in [0.4, 0.5) is 0 Å². The Balaban J connectivity index is 0.00000235. The van der Waals surface area contributed by atoms with E-state index < -0.39 is 22.1 Å². The fraction of sp³-hybridized carbons (Fsp3) is 0.237. The van der Waals surface area contributed by atoms with Crippen LogP contribution in [-0.2, 0) is 33.9 Å². The second kappa shape index (κ2) is 16.1. The van der Waals surface area contributed by atoms with E-state index in [1.54, 1.807) is 31.4 Å². The molecule has 5 nitrogen and oxygen atoms in total. The number of rotatable bonds is 11. The van der Waals surface area contributed by atoms with Crippen molar-refractivity contribution in [2.24, 2.45) is 0 Å². The molecule has 0 aromatic heterocycles. The second-order valence-corrected chi connectivity index (χ2v) is 13.0. The number of aryl methyl sites for hydroxylation is 1. The summed E-state index contributed by atoms with van der Waals surface area (Å²) in [6.45, 7) is 11.1. The summed E-state index contributed by atoms with van der Waals surface area (Å²) in [5.41, 5.74) is 11.3. The second-order valence-electron chi connectivity index (χ2n) is 11.4. The Kier molecular flexibility index (Phi) is 12.5. The van der Waals surface area contributed by atoms with Crippen molar-refractivity contribution in [2.75, 3.05) is 7.11 Å². The quantitative estimate of drug-likeness (QED) is 0.108. The van der Waals surface area contributed by atoms with Crippen LogP contribution >= 0.6 is 9.69 Å². The maximum atomic E-state index is 13.8. The fourth-order valence-corrected chi connectivity index (χ4v) is 7.03. The summed E-state index contributed by atoms with van der Waals surface area (Å²) in [4.78, 5) is 0.179. The third-order valence-corrected chi connectivity index (χ3v) is 10.1. The molecular weight excluding hydrogens is 703 g/mol. The van der Waals surface area contributed by atoms with Gasteiger partial charge in [0.05, 0.1) is 7.11 Å². The van der Waals surface area contributed by atoms with Gasteiger partial charge in [-0.1, -0.05) is 135 Å². The molecule has 5 aromatic carbocycles. The number of halogens is 1. The van der Waals surface area contributed by atoms with Crippen molar-refractivity contribution in [1.29, 1.82) is 0 Å². The summed E-state index contributed by atoms with van der Waals surface area (Å²) in [5, 5.41) is 3.74. The average Bonchev–Trinajstić information content (AvgIpc) is 3.27. The molecule has 0 amide bonds. The number of benzene rings is 4. The summed E-state index contributed by atoms with van der Waals surface area (Å²) in [6, 6.07) is 31.5. The van der Waals surface area contributed by atoms with Gasteiger partial charge in [-0.05, 0) is 36.8 Å². The van der Waals surface area contributed by atoms with Crippen molar-refractivity contribution >= 4 is 19.7 Å². The molecule has 0 aliphatic rings. The van der Waals surface area contributed by atoms with E-state index in [1.807, 2.05) is 91.0 Å². The monoisotopic (exact) mass is 742 g/mol. The van der Waals surface area contributed by atoms with Crippen LogP contribution in [0.15, 0.2) is 108 Å². The molecule has 0 aliphatic carbocycles. The Hall–Kier alpha value is -3.19. The van der Waals surface area contributed by atoms with Crippen LogP contribution in [0.3, 0.4) is 0 Å². The molecule has 0 radical (unpaired) electrons. The third-order valence-electron chi connectivity index (χ3n) is 8.72. The molecule has 0 saturated carbocycles. The Bertz CT molecular complexity index is 1820. The van der Waals surface area contributed by atoms with Gasteiger partial charge in [0.2, 0.25) is 0 Å². The first-order chi connectivity index (χ1) is 22.1. The van der Waals surface area contributed by atoms with Crippen LogP contribution in [0, 0.1) is 34.6 Å². The van der Waals surface area contributed by atoms with E-state index in [1.165, 1.54) is 27.8 Å².